The molecule has 3 aromatic rings. The number of guanidine groups is 2. The normalized spacial score (nSPS) is 19.3. The van der Waals surface area contributed by atoms with Crippen molar-refractivity contribution in [1.29, 1.82) is 0 Å². The first-order valence-corrected chi connectivity index (χ1v) is 8.40. The number of fused-ring (bicyclic) bond motifs is 4. The molecule has 0 saturated heterocycles. The van der Waals surface area contributed by atoms with Gasteiger partial charge in [-0.25, -0.2) is 4.58 Å². The summed E-state index contributed by atoms with van der Waals surface area (Å²) >= 11 is 0. The lowest BCUT2D eigenvalue weighted by atomic mass is 10.0. The van der Waals surface area contributed by atoms with Gasteiger partial charge in [0.2, 0.25) is 0 Å². The third-order valence-corrected chi connectivity index (χ3v) is 4.68. The van der Waals surface area contributed by atoms with E-state index in [9.17, 15) is 0 Å². The van der Waals surface area contributed by atoms with Crippen molar-refractivity contribution in [1.82, 2.24) is 4.98 Å². The minimum absolute atomic E-state index is 0.396. The number of nitrogens with one attached hydrogen (secondary N) is 1. The molecular formula is C19H17N6+. The molecule has 0 saturated carbocycles. The predicted octanol–water partition coefficient (Wildman–Crippen LogP) is 1.38. The molecule has 0 bridgehead atoms. The number of aliphatic imine (C=N–C) groups is 1. The molecule has 0 spiro atoms. The summed E-state index contributed by atoms with van der Waals surface area (Å²) in [6.45, 7) is 0.855. The van der Waals surface area contributed by atoms with E-state index in [0.717, 1.165) is 46.8 Å². The number of aryl methyl sites for hydroxylation is 1. The Hall–Kier alpha value is -3.28. The zero-order valence-corrected chi connectivity index (χ0v) is 13.6. The number of hydrogen-bond donors (Lipinski definition) is 2. The summed E-state index contributed by atoms with van der Waals surface area (Å²) in [5.74, 6) is 0.830. The monoisotopic (exact) mass is 329 g/mol. The van der Waals surface area contributed by atoms with E-state index in [0.29, 0.717) is 11.9 Å². The van der Waals surface area contributed by atoms with Gasteiger partial charge in [-0.05, 0) is 35.5 Å². The van der Waals surface area contributed by atoms with E-state index in [1.54, 1.807) is 0 Å². The number of aromatic amines is 1. The van der Waals surface area contributed by atoms with Crippen molar-refractivity contribution in [2.24, 2.45) is 20.7 Å². The van der Waals surface area contributed by atoms with Crippen LogP contribution in [0.15, 0.2) is 63.5 Å². The van der Waals surface area contributed by atoms with Crippen LogP contribution in [0.5, 0.6) is 0 Å². The van der Waals surface area contributed by atoms with Gasteiger partial charge in [0.05, 0.1) is 6.54 Å². The van der Waals surface area contributed by atoms with Crippen LogP contribution in [-0.2, 0) is 6.42 Å². The molecule has 2 aliphatic heterocycles. The van der Waals surface area contributed by atoms with Crippen LogP contribution in [0.2, 0.25) is 0 Å². The van der Waals surface area contributed by atoms with Gasteiger partial charge in [-0.2, -0.15) is 9.98 Å². The molecule has 0 aliphatic carbocycles. The van der Waals surface area contributed by atoms with Crippen LogP contribution < -0.4 is 16.6 Å². The molecule has 122 valence electrons. The van der Waals surface area contributed by atoms with Gasteiger partial charge < -0.3 is 4.98 Å². The van der Waals surface area contributed by atoms with Crippen LogP contribution in [0, 0.1) is 0 Å². The van der Waals surface area contributed by atoms with Crippen LogP contribution in [0.1, 0.15) is 12.0 Å². The number of benzene rings is 2. The quantitative estimate of drug-likeness (QED) is 0.474. The molecule has 0 unspecified atom stereocenters. The fourth-order valence-corrected chi connectivity index (χ4v) is 3.52. The number of nitrogens with two attached hydrogens (primary N) is 1. The third-order valence-electron chi connectivity index (χ3n) is 4.68. The Labute approximate surface area is 143 Å². The second-order valence-electron chi connectivity index (χ2n) is 6.25. The van der Waals surface area contributed by atoms with Crippen molar-refractivity contribution in [2.75, 3.05) is 6.54 Å². The second kappa shape index (κ2) is 5.37. The average molecular weight is 329 g/mol. The first-order valence-electron chi connectivity index (χ1n) is 8.40. The molecule has 0 radical (unpaired) electrons. The lowest BCUT2D eigenvalue weighted by Gasteiger charge is -2.17. The Bertz CT molecular complexity index is 1180. The highest BCUT2D eigenvalue weighted by Gasteiger charge is 2.21. The summed E-state index contributed by atoms with van der Waals surface area (Å²) in [7, 11) is 0. The predicted molar refractivity (Wildman–Crippen MR) is 96.8 cm³/mol. The van der Waals surface area contributed by atoms with Gasteiger partial charge in [0, 0.05) is 10.9 Å². The number of para-hydroxylation sites is 2. The van der Waals surface area contributed by atoms with Gasteiger partial charge in [0.15, 0.2) is 5.49 Å². The van der Waals surface area contributed by atoms with Crippen LogP contribution in [0.4, 0.5) is 5.69 Å². The Morgan fingerprint density at radius 2 is 1.92 bits per heavy atom. The van der Waals surface area contributed by atoms with E-state index < -0.39 is 0 Å². The van der Waals surface area contributed by atoms with E-state index in [1.165, 1.54) is 5.56 Å². The summed E-state index contributed by atoms with van der Waals surface area (Å²) in [6, 6.07) is 16.3. The van der Waals surface area contributed by atoms with Crippen LogP contribution >= 0.6 is 0 Å². The summed E-state index contributed by atoms with van der Waals surface area (Å²) in [4.78, 5) is 16.8. The molecule has 25 heavy (non-hydrogen) atoms. The molecule has 6 heteroatoms. The van der Waals surface area contributed by atoms with Crippen molar-refractivity contribution in [3.63, 3.8) is 0 Å². The SMILES string of the molecule is NC(/N=C1\N=c2[nH]c3ccccc3c2=N1)=[N+]1CCCc2ccccc21. The molecule has 1 aromatic heterocycles. The van der Waals surface area contributed by atoms with E-state index >= 15 is 0 Å². The van der Waals surface area contributed by atoms with Gasteiger partial charge in [-0.1, -0.05) is 36.4 Å². The topological polar surface area (TPSA) is 81.9 Å². The molecule has 5 rings (SSSR count). The maximum Gasteiger partial charge on any atom is 0.393 e. The largest absolute Gasteiger partial charge is 0.393 e. The molecule has 0 atom stereocenters. The maximum absolute atomic E-state index is 6.28. The highest BCUT2D eigenvalue weighted by Crippen LogP contribution is 2.24. The molecule has 0 amide bonds. The fraction of sp³-hybridized carbons (Fsp3) is 0.158. The first-order chi connectivity index (χ1) is 12.3. The Kier molecular flexibility index (Phi) is 3.03. The second-order valence-corrected chi connectivity index (χ2v) is 6.25. The van der Waals surface area contributed by atoms with Crippen LogP contribution in [-0.4, -0.2) is 28.0 Å². The van der Waals surface area contributed by atoms with Crippen molar-refractivity contribution < 1.29 is 4.58 Å². The van der Waals surface area contributed by atoms with Crippen LogP contribution in [0.25, 0.3) is 10.9 Å². The molecule has 0 fully saturated rings. The number of H-pyrrole nitrogens is 1. The zero-order valence-electron chi connectivity index (χ0n) is 13.6. The van der Waals surface area contributed by atoms with E-state index in [1.807, 2.05) is 34.9 Å². The van der Waals surface area contributed by atoms with Crippen molar-refractivity contribution >= 4 is 28.5 Å². The number of hydrogen-bond acceptors (Lipinski definition) is 0. The third kappa shape index (κ3) is 2.26. The zero-order chi connectivity index (χ0) is 16.8. The van der Waals surface area contributed by atoms with E-state index in [2.05, 4.69) is 38.2 Å². The summed E-state index contributed by atoms with van der Waals surface area (Å²) in [5, 5.41) is 1.88. The highest BCUT2D eigenvalue weighted by molar-refractivity contribution is 5.95. The summed E-state index contributed by atoms with van der Waals surface area (Å²) < 4.78 is 2.04. The molecule has 3 heterocycles. The van der Waals surface area contributed by atoms with E-state index in [-0.39, 0.29) is 0 Å². The summed E-state index contributed by atoms with van der Waals surface area (Å²) in [5.41, 5.74) is 10.5. The maximum atomic E-state index is 6.28. The Morgan fingerprint density at radius 1 is 1.08 bits per heavy atom. The lowest BCUT2D eigenvalue weighted by Crippen LogP contribution is -2.28. The van der Waals surface area contributed by atoms with Crippen molar-refractivity contribution in [3.05, 3.63) is 64.9 Å². The molecular weight excluding hydrogens is 312 g/mol. The molecule has 2 aliphatic rings. The fourth-order valence-electron chi connectivity index (χ4n) is 3.52. The number of nitrogens with zero attached hydrogens (tertiary/aromatic N) is 4. The molecule has 3 N–H and O–H groups in total. The highest BCUT2D eigenvalue weighted by atomic mass is 15.2. The van der Waals surface area contributed by atoms with Crippen molar-refractivity contribution in [2.45, 2.75) is 12.8 Å². The Morgan fingerprint density at radius 3 is 2.88 bits per heavy atom. The van der Waals surface area contributed by atoms with Gasteiger partial charge >= 0.3 is 11.9 Å². The number of rotatable bonds is 0. The minimum atomic E-state index is 0.396. The standard InChI is InChI=1S/C19H16N6/c20-18(25-11-5-7-12-6-1-4-10-15(12)25)24-19-22-16-13-8-2-3-9-14(13)21-17(16)23-19/h1-4,6,8-10H,5,7,11H2,(H2,20,21,22,23,24)/p+1. The van der Waals surface area contributed by atoms with Gasteiger partial charge in [0.1, 0.15) is 11.0 Å². The number of aromatic nitrogens is 1. The smallest absolute Gasteiger partial charge is 0.338 e. The Balaban J connectivity index is 1.61. The lowest BCUT2D eigenvalue weighted by molar-refractivity contribution is -0.448. The van der Waals surface area contributed by atoms with Gasteiger partial charge in [-0.15, -0.1) is 0 Å². The van der Waals surface area contributed by atoms with Crippen LogP contribution in [0.3, 0.4) is 0 Å². The molecule has 6 nitrogen and oxygen atoms in total. The first kappa shape index (κ1) is 14.1. The summed E-state index contributed by atoms with van der Waals surface area (Å²) in [6.07, 6.45) is 2.13. The van der Waals surface area contributed by atoms with E-state index in [4.69, 9.17) is 5.73 Å². The minimum Gasteiger partial charge on any atom is -0.338 e. The van der Waals surface area contributed by atoms with Gasteiger partial charge in [-0.3, -0.25) is 5.73 Å². The van der Waals surface area contributed by atoms with Gasteiger partial charge in [0.25, 0.3) is 0 Å². The average Bonchev–Trinajstić information content (AvgIpc) is 3.18. The molecule has 2 aromatic carbocycles. The van der Waals surface area contributed by atoms with Crippen molar-refractivity contribution in [3.8, 4) is 0 Å².